The Morgan fingerprint density at radius 3 is 3.06 bits per heavy atom. The Morgan fingerprint density at radius 2 is 2.28 bits per heavy atom. The molecule has 0 radical (unpaired) electrons. The molecule has 3 rings (SSSR count). The van der Waals surface area contributed by atoms with Gasteiger partial charge >= 0.3 is 0 Å². The van der Waals surface area contributed by atoms with Crippen molar-refractivity contribution in [3.8, 4) is 0 Å². The molecule has 0 aromatic carbocycles. The van der Waals surface area contributed by atoms with Crippen molar-refractivity contribution in [3.63, 3.8) is 0 Å². The van der Waals surface area contributed by atoms with E-state index in [0.717, 1.165) is 27.9 Å². The van der Waals surface area contributed by atoms with E-state index < -0.39 is 0 Å². The minimum absolute atomic E-state index is 0.140. The fourth-order valence-corrected chi connectivity index (χ4v) is 5.04. The summed E-state index contributed by atoms with van der Waals surface area (Å²) in [6.07, 6.45) is 3.91. The molecule has 0 aliphatic heterocycles. The van der Waals surface area contributed by atoms with Gasteiger partial charge in [0, 0.05) is 22.1 Å². The maximum absolute atomic E-state index is 12.4. The molecule has 0 amide bonds. The van der Waals surface area contributed by atoms with Crippen molar-refractivity contribution in [1.82, 2.24) is 0 Å². The molecule has 1 aliphatic rings. The van der Waals surface area contributed by atoms with Gasteiger partial charge in [0.15, 0.2) is 0 Å². The molecule has 1 atom stereocenters. The summed E-state index contributed by atoms with van der Waals surface area (Å²) in [5.74, 6) is 0.518. The van der Waals surface area contributed by atoms with Gasteiger partial charge < -0.3 is 0 Å². The SMILES string of the molecule is O=C(Cc1ccc(Br)s1)C1CCCc2sccc21. The lowest BCUT2D eigenvalue weighted by Crippen LogP contribution is -2.18. The fourth-order valence-electron chi connectivity index (χ4n) is 2.56. The molecule has 0 saturated heterocycles. The second-order valence-corrected chi connectivity index (χ2v) is 8.14. The summed E-state index contributed by atoms with van der Waals surface area (Å²) in [5.41, 5.74) is 1.30. The second-order valence-electron chi connectivity index (χ2n) is 4.59. The van der Waals surface area contributed by atoms with E-state index in [1.807, 2.05) is 12.1 Å². The molecule has 4 heteroatoms. The average Bonchev–Trinajstić information content (AvgIpc) is 2.97. The molecule has 0 saturated carbocycles. The number of Topliss-reactive ketones (excluding diaryl/α,β-unsaturated/α-hetero) is 1. The number of halogens is 1. The van der Waals surface area contributed by atoms with Crippen LogP contribution in [0.3, 0.4) is 0 Å². The Morgan fingerprint density at radius 1 is 1.39 bits per heavy atom. The lowest BCUT2D eigenvalue weighted by atomic mass is 9.83. The van der Waals surface area contributed by atoms with Crippen LogP contribution in [0.5, 0.6) is 0 Å². The number of carbonyl (C=O) groups is 1. The standard InChI is InChI=1S/C14H13BrOS2/c15-14-5-4-9(18-14)8-12(16)10-2-1-3-13-11(10)6-7-17-13/h4-7,10H,1-3,8H2. The Bertz CT molecular complexity index is 570. The van der Waals surface area contributed by atoms with E-state index in [9.17, 15) is 4.79 Å². The zero-order valence-corrected chi connectivity index (χ0v) is 13.0. The topological polar surface area (TPSA) is 17.1 Å². The summed E-state index contributed by atoms with van der Waals surface area (Å²) in [7, 11) is 0. The fraction of sp³-hybridized carbons (Fsp3) is 0.357. The van der Waals surface area contributed by atoms with Gasteiger partial charge in [-0.1, -0.05) is 0 Å². The maximum atomic E-state index is 12.4. The summed E-state index contributed by atoms with van der Waals surface area (Å²) in [6, 6.07) is 6.21. The van der Waals surface area contributed by atoms with Crippen LogP contribution in [0.15, 0.2) is 27.4 Å². The van der Waals surface area contributed by atoms with Crippen LogP contribution in [-0.4, -0.2) is 5.78 Å². The van der Waals surface area contributed by atoms with Gasteiger partial charge in [0.1, 0.15) is 5.78 Å². The normalized spacial score (nSPS) is 18.6. The lowest BCUT2D eigenvalue weighted by Gasteiger charge is -2.21. The summed E-state index contributed by atoms with van der Waals surface area (Å²) in [5, 5.41) is 2.12. The number of fused-ring (bicyclic) bond motifs is 1. The molecule has 1 aliphatic carbocycles. The molecule has 0 N–H and O–H groups in total. The number of ketones is 1. The monoisotopic (exact) mass is 340 g/mol. The van der Waals surface area contributed by atoms with Crippen LogP contribution in [0, 0.1) is 0 Å². The zero-order chi connectivity index (χ0) is 12.5. The summed E-state index contributed by atoms with van der Waals surface area (Å²) in [4.78, 5) is 15.0. The highest BCUT2D eigenvalue weighted by molar-refractivity contribution is 9.11. The number of carbonyl (C=O) groups excluding carboxylic acids is 1. The van der Waals surface area contributed by atoms with Crippen LogP contribution in [0.1, 0.15) is 34.1 Å². The second kappa shape index (κ2) is 5.27. The zero-order valence-electron chi connectivity index (χ0n) is 9.82. The summed E-state index contributed by atoms with van der Waals surface area (Å²) < 4.78 is 1.10. The smallest absolute Gasteiger partial charge is 0.145 e. The molecule has 0 fully saturated rings. The first-order valence-electron chi connectivity index (χ1n) is 6.07. The van der Waals surface area contributed by atoms with Gasteiger partial charge in [-0.05, 0) is 64.3 Å². The van der Waals surface area contributed by atoms with Crippen molar-refractivity contribution < 1.29 is 4.79 Å². The van der Waals surface area contributed by atoms with Crippen molar-refractivity contribution in [2.45, 2.75) is 31.6 Å². The van der Waals surface area contributed by atoms with E-state index in [1.165, 1.54) is 10.4 Å². The van der Waals surface area contributed by atoms with E-state index in [2.05, 4.69) is 27.4 Å². The quantitative estimate of drug-likeness (QED) is 0.783. The van der Waals surface area contributed by atoms with E-state index in [-0.39, 0.29) is 5.92 Å². The Labute approximate surface area is 123 Å². The largest absolute Gasteiger partial charge is 0.299 e. The van der Waals surface area contributed by atoms with Crippen LogP contribution in [0.4, 0.5) is 0 Å². The van der Waals surface area contributed by atoms with Crippen LogP contribution in [0.25, 0.3) is 0 Å². The van der Waals surface area contributed by atoms with Gasteiger partial charge in [0.25, 0.3) is 0 Å². The Balaban J connectivity index is 1.78. The number of rotatable bonds is 3. The first-order chi connectivity index (χ1) is 8.74. The molecule has 1 unspecified atom stereocenters. The Hall–Kier alpha value is -0.450. The molecule has 94 valence electrons. The molecule has 2 heterocycles. The average molecular weight is 341 g/mol. The highest BCUT2D eigenvalue weighted by atomic mass is 79.9. The highest BCUT2D eigenvalue weighted by Gasteiger charge is 2.27. The molecule has 18 heavy (non-hydrogen) atoms. The lowest BCUT2D eigenvalue weighted by molar-refractivity contribution is -0.120. The van der Waals surface area contributed by atoms with Crippen molar-refractivity contribution in [1.29, 1.82) is 0 Å². The van der Waals surface area contributed by atoms with Gasteiger partial charge in [-0.3, -0.25) is 4.79 Å². The molecule has 2 aromatic heterocycles. The number of aryl methyl sites for hydroxylation is 1. The predicted molar refractivity (Wildman–Crippen MR) is 80.7 cm³/mol. The van der Waals surface area contributed by atoms with Gasteiger partial charge in [-0.25, -0.2) is 0 Å². The number of hydrogen-bond donors (Lipinski definition) is 0. The third kappa shape index (κ3) is 2.46. The van der Waals surface area contributed by atoms with Crippen LogP contribution in [0.2, 0.25) is 0 Å². The van der Waals surface area contributed by atoms with Crippen LogP contribution in [-0.2, 0) is 17.6 Å². The number of hydrogen-bond acceptors (Lipinski definition) is 3. The summed E-state index contributed by atoms with van der Waals surface area (Å²) >= 11 is 6.91. The third-order valence-electron chi connectivity index (χ3n) is 3.42. The molecular weight excluding hydrogens is 328 g/mol. The van der Waals surface area contributed by atoms with E-state index in [1.54, 1.807) is 22.7 Å². The van der Waals surface area contributed by atoms with Crippen LogP contribution >= 0.6 is 38.6 Å². The maximum Gasteiger partial charge on any atom is 0.145 e. The van der Waals surface area contributed by atoms with E-state index in [4.69, 9.17) is 0 Å². The van der Waals surface area contributed by atoms with Crippen molar-refractivity contribution in [3.05, 3.63) is 42.7 Å². The third-order valence-corrected chi connectivity index (χ3v) is 6.04. The molecular formula is C14H13BrOS2. The Kier molecular flexibility index (Phi) is 3.68. The first-order valence-corrected chi connectivity index (χ1v) is 8.56. The van der Waals surface area contributed by atoms with Crippen molar-refractivity contribution in [2.75, 3.05) is 0 Å². The van der Waals surface area contributed by atoms with E-state index >= 15 is 0 Å². The van der Waals surface area contributed by atoms with Crippen molar-refractivity contribution in [2.24, 2.45) is 0 Å². The minimum atomic E-state index is 0.140. The van der Waals surface area contributed by atoms with Crippen molar-refractivity contribution >= 4 is 44.4 Å². The van der Waals surface area contributed by atoms with Gasteiger partial charge in [-0.2, -0.15) is 0 Å². The predicted octanol–water partition coefficient (Wildman–Crippen LogP) is 4.80. The summed E-state index contributed by atoms with van der Waals surface area (Å²) in [6.45, 7) is 0. The van der Waals surface area contributed by atoms with Gasteiger partial charge in [0.05, 0.1) is 3.79 Å². The molecule has 0 bridgehead atoms. The minimum Gasteiger partial charge on any atom is -0.299 e. The number of thiophene rings is 2. The highest BCUT2D eigenvalue weighted by Crippen LogP contribution is 2.36. The van der Waals surface area contributed by atoms with Gasteiger partial charge in [-0.15, -0.1) is 22.7 Å². The molecule has 0 spiro atoms. The van der Waals surface area contributed by atoms with Gasteiger partial charge in [0.2, 0.25) is 0 Å². The van der Waals surface area contributed by atoms with Crippen LogP contribution < -0.4 is 0 Å². The molecule has 1 nitrogen and oxygen atoms in total. The van der Waals surface area contributed by atoms with E-state index in [0.29, 0.717) is 12.2 Å². The molecule has 2 aromatic rings. The first kappa shape index (κ1) is 12.6.